The van der Waals surface area contributed by atoms with Gasteiger partial charge in [-0.25, -0.2) is 0 Å². The molecule has 6 aromatic rings. The molecule has 0 N–H and O–H groups in total. The van der Waals surface area contributed by atoms with Crippen LogP contribution in [0.5, 0.6) is 0 Å². The fourth-order valence-corrected chi connectivity index (χ4v) is 16.6. The lowest BCUT2D eigenvalue weighted by Gasteiger charge is -2.48. The van der Waals surface area contributed by atoms with Gasteiger partial charge in [0.15, 0.2) is 8.07 Å². The third-order valence-electron chi connectivity index (χ3n) is 14.0. The van der Waals surface area contributed by atoms with Crippen LogP contribution in [0, 0.1) is 0 Å². The van der Waals surface area contributed by atoms with E-state index >= 15 is 0 Å². The van der Waals surface area contributed by atoms with Gasteiger partial charge in [0.1, 0.15) is 0 Å². The quantitative estimate of drug-likeness (QED) is 0.0954. The Morgan fingerprint density at radius 2 is 0.705 bits per heavy atom. The van der Waals surface area contributed by atoms with E-state index in [9.17, 15) is 0 Å². The summed E-state index contributed by atoms with van der Waals surface area (Å²) in [6.07, 6.45) is 5.44. The SMILES string of the molecule is CC1=CC(C)([Si](c2ccc(Cc3ccccc3)c(C(C)(C)C)c2)(c2ccc(Cc3ccccc3)c(C(C)(C)C)c2)c2ccc(Cc3ccccc3)c(C(C)(C)C)c2)C(C)=C1C. The van der Waals surface area contributed by atoms with Crippen molar-refractivity contribution < 1.29 is 0 Å². The Kier molecular flexibility index (Phi) is 12.1. The minimum absolute atomic E-state index is 0.0599. The van der Waals surface area contributed by atoms with E-state index in [1.54, 1.807) is 0 Å². The molecule has 0 heterocycles. The van der Waals surface area contributed by atoms with Crippen LogP contribution in [-0.4, -0.2) is 8.07 Å². The molecule has 0 saturated carbocycles. The molecule has 1 heteroatoms. The summed E-state index contributed by atoms with van der Waals surface area (Å²) in [5, 5.41) is 4.22. The molecule has 0 radical (unpaired) electrons. The monoisotopic (exact) mass is 819 g/mol. The summed E-state index contributed by atoms with van der Waals surface area (Å²) in [5.41, 5.74) is 16.8. The highest BCUT2D eigenvalue weighted by Gasteiger charge is 2.56. The van der Waals surface area contributed by atoms with Crippen LogP contribution in [0.15, 0.2) is 168 Å². The van der Waals surface area contributed by atoms with Crippen molar-refractivity contribution in [3.63, 3.8) is 0 Å². The summed E-state index contributed by atoms with van der Waals surface area (Å²) in [5.74, 6) is 0. The van der Waals surface area contributed by atoms with Gasteiger partial charge in [0.05, 0.1) is 0 Å². The van der Waals surface area contributed by atoms with Crippen molar-refractivity contribution in [2.45, 2.75) is 131 Å². The molecular weight excluding hydrogens is 749 g/mol. The first-order chi connectivity index (χ1) is 28.7. The number of allylic oxidation sites excluding steroid dienone is 4. The van der Waals surface area contributed by atoms with Crippen LogP contribution in [0.25, 0.3) is 0 Å². The maximum Gasteiger partial charge on any atom is 0.161 e. The molecule has 6 aromatic carbocycles. The predicted octanol–water partition coefficient (Wildman–Crippen LogP) is 13.9. The largest absolute Gasteiger partial charge is 0.161 e. The first-order valence-electron chi connectivity index (χ1n) is 22.6. The van der Waals surface area contributed by atoms with Gasteiger partial charge >= 0.3 is 0 Å². The van der Waals surface area contributed by atoms with Crippen LogP contribution >= 0.6 is 0 Å². The van der Waals surface area contributed by atoms with E-state index in [1.165, 1.54) is 82.4 Å². The molecule has 0 amide bonds. The van der Waals surface area contributed by atoms with E-state index < -0.39 is 8.07 Å². The van der Waals surface area contributed by atoms with Crippen LogP contribution in [0.2, 0.25) is 5.04 Å². The highest BCUT2D eigenvalue weighted by molar-refractivity contribution is 7.14. The molecule has 1 aliphatic rings. The topological polar surface area (TPSA) is 0 Å². The van der Waals surface area contributed by atoms with Gasteiger partial charge in [0.25, 0.3) is 0 Å². The molecule has 1 aliphatic carbocycles. The molecule has 61 heavy (non-hydrogen) atoms. The van der Waals surface area contributed by atoms with E-state index in [1.807, 2.05) is 0 Å². The standard InChI is InChI=1S/C60H70Si/c1-42-41-60(13,44(3)43(42)2)61(51-32-29-48(54(38-51)57(4,5)6)35-45-23-17-14-18-24-45,52-33-30-49(55(39-52)58(7,8)9)36-46-25-19-15-20-26-46)53-34-31-50(56(40-53)59(10,11)12)37-47-27-21-16-22-28-47/h14-34,38-41H,35-37H2,1-13H3. The van der Waals surface area contributed by atoms with Crippen molar-refractivity contribution in [3.8, 4) is 0 Å². The van der Waals surface area contributed by atoms with Crippen molar-refractivity contribution in [2.24, 2.45) is 0 Å². The van der Waals surface area contributed by atoms with Crippen LogP contribution in [0.1, 0.15) is 140 Å². The maximum atomic E-state index is 2.68. The van der Waals surface area contributed by atoms with E-state index in [0.717, 1.165) is 19.3 Å². The average molecular weight is 819 g/mol. The number of hydrogen-bond acceptors (Lipinski definition) is 0. The average Bonchev–Trinajstić information content (AvgIpc) is 3.41. The fraction of sp³-hybridized carbons (Fsp3) is 0.333. The minimum Gasteiger partial charge on any atom is -0.0730 e. The lowest BCUT2D eigenvalue weighted by atomic mass is 9.82. The molecule has 0 fully saturated rings. The summed E-state index contributed by atoms with van der Waals surface area (Å²) in [6, 6.07) is 56.4. The van der Waals surface area contributed by atoms with Gasteiger partial charge in [-0.1, -0.05) is 232 Å². The number of hydrogen-bond donors (Lipinski definition) is 0. The molecule has 7 rings (SSSR count). The van der Waals surface area contributed by atoms with Crippen LogP contribution in [-0.2, 0) is 35.5 Å². The van der Waals surface area contributed by atoms with E-state index in [-0.39, 0.29) is 21.3 Å². The zero-order valence-corrected chi connectivity index (χ0v) is 40.6. The van der Waals surface area contributed by atoms with Crippen LogP contribution in [0.3, 0.4) is 0 Å². The lowest BCUT2D eigenvalue weighted by molar-refractivity contribution is 0.584. The molecule has 0 aliphatic heterocycles. The second-order valence-electron chi connectivity index (χ2n) is 21.4. The molecule has 0 saturated heterocycles. The number of rotatable bonds is 10. The van der Waals surface area contributed by atoms with E-state index in [4.69, 9.17) is 0 Å². The fourth-order valence-electron chi connectivity index (χ4n) is 10.6. The van der Waals surface area contributed by atoms with Gasteiger partial charge in [0.2, 0.25) is 0 Å². The van der Waals surface area contributed by atoms with Crippen molar-refractivity contribution in [3.05, 3.63) is 218 Å². The number of benzene rings is 6. The molecule has 314 valence electrons. The summed E-state index contributed by atoms with van der Waals surface area (Å²) in [7, 11) is -3.07. The predicted molar refractivity (Wildman–Crippen MR) is 268 cm³/mol. The Balaban J connectivity index is 1.62. The van der Waals surface area contributed by atoms with Gasteiger partial charge in [-0.2, -0.15) is 0 Å². The maximum absolute atomic E-state index is 3.07. The zero-order chi connectivity index (χ0) is 44.0. The molecule has 0 bridgehead atoms. The van der Waals surface area contributed by atoms with Crippen molar-refractivity contribution >= 4 is 23.6 Å². The molecular formula is C60H70Si. The van der Waals surface area contributed by atoms with Gasteiger partial charge in [-0.3, -0.25) is 0 Å². The third-order valence-corrected chi connectivity index (χ3v) is 19.6. The third kappa shape index (κ3) is 8.61. The molecule has 1 unspecified atom stereocenters. The second kappa shape index (κ2) is 16.7. The first-order valence-corrected chi connectivity index (χ1v) is 24.6. The summed E-state index contributed by atoms with van der Waals surface area (Å²) in [4.78, 5) is 0. The van der Waals surface area contributed by atoms with Crippen LogP contribution in [0.4, 0.5) is 0 Å². The zero-order valence-electron chi connectivity index (χ0n) is 39.6. The van der Waals surface area contributed by atoms with E-state index in [2.05, 4.69) is 242 Å². The second-order valence-corrected chi connectivity index (χ2v) is 25.7. The Morgan fingerprint density at radius 3 is 0.951 bits per heavy atom. The molecule has 1 atom stereocenters. The van der Waals surface area contributed by atoms with Gasteiger partial charge in [-0.15, -0.1) is 0 Å². The van der Waals surface area contributed by atoms with Gasteiger partial charge < -0.3 is 0 Å². The van der Waals surface area contributed by atoms with E-state index in [0.29, 0.717) is 0 Å². The molecule has 0 spiro atoms. The molecule has 0 aromatic heterocycles. The Hall–Kier alpha value is -4.98. The Bertz CT molecular complexity index is 2320. The highest BCUT2D eigenvalue weighted by atomic mass is 28.3. The summed E-state index contributed by atoms with van der Waals surface area (Å²) < 4.78 is 0. The van der Waals surface area contributed by atoms with Gasteiger partial charge in [0, 0.05) is 5.04 Å². The van der Waals surface area contributed by atoms with Crippen molar-refractivity contribution in [1.82, 2.24) is 0 Å². The normalized spacial score (nSPS) is 16.2. The van der Waals surface area contributed by atoms with Gasteiger partial charge in [-0.05, 0) is 127 Å². The van der Waals surface area contributed by atoms with Crippen molar-refractivity contribution in [1.29, 1.82) is 0 Å². The smallest absolute Gasteiger partial charge is 0.0730 e. The first kappa shape index (κ1) is 44.1. The Morgan fingerprint density at radius 1 is 0.410 bits per heavy atom. The Labute approximate surface area is 370 Å². The summed E-state index contributed by atoms with van der Waals surface area (Å²) in [6.45, 7) is 31.4. The van der Waals surface area contributed by atoms with Crippen molar-refractivity contribution in [2.75, 3.05) is 0 Å². The van der Waals surface area contributed by atoms with Crippen LogP contribution < -0.4 is 15.6 Å². The highest BCUT2D eigenvalue weighted by Crippen LogP contribution is 2.53. The minimum atomic E-state index is -3.07. The summed E-state index contributed by atoms with van der Waals surface area (Å²) >= 11 is 0. The molecule has 0 nitrogen and oxygen atoms in total. The lowest BCUT2D eigenvalue weighted by Crippen LogP contribution is -2.73.